The summed E-state index contributed by atoms with van der Waals surface area (Å²) < 4.78 is 24.7. The average Bonchev–Trinajstić information content (AvgIpc) is 2.95. The second kappa shape index (κ2) is 4.20. The molecular formula is C12H12N4O2S. The van der Waals surface area contributed by atoms with Gasteiger partial charge in [0.1, 0.15) is 5.82 Å². The Labute approximate surface area is 110 Å². The zero-order valence-electron chi connectivity index (χ0n) is 10.2. The largest absolute Gasteiger partial charge is 0.340 e. The Kier molecular flexibility index (Phi) is 2.63. The molecule has 1 N–H and O–H groups in total. The maximum Gasteiger partial charge on any atom is 0.175 e. The van der Waals surface area contributed by atoms with Gasteiger partial charge < -0.3 is 4.98 Å². The number of hydrogen-bond donors (Lipinski definition) is 1. The molecule has 19 heavy (non-hydrogen) atoms. The summed E-state index contributed by atoms with van der Waals surface area (Å²) in [5.74, 6) is 0.740. The van der Waals surface area contributed by atoms with Crippen LogP contribution in [0.3, 0.4) is 0 Å². The van der Waals surface area contributed by atoms with Gasteiger partial charge in [-0.25, -0.2) is 13.4 Å². The Morgan fingerprint density at radius 2 is 2.21 bits per heavy atom. The van der Waals surface area contributed by atoms with E-state index in [2.05, 4.69) is 15.1 Å². The van der Waals surface area contributed by atoms with Crippen LogP contribution in [0.25, 0.3) is 11.0 Å². The second-order valence-corrected chi connectivity index (χ2v) is 6.35. The normalized spacial score (nSPS) is 12.1. The van der Waals surface area contributed by atoms with Gasteiger partial charge in [0.05, 0.1) is 22.5 Å². The minimum atomic E-state index is -3.20. The summed E-state index contributed by atoms with van der Waals surface area (Å²) in [6, 6.07) is 6.71. The van der Waals surface area contributed by atoms with Gasteiger partial charge in [0.15, 0.2) is 9.84 Å². The molecule has 2 heterocycles. The third kappa shape index (κ3) is 2.37. The zero-order valence-corrected chi connectivity index (χ0v) is 11.1. The van der Waals surface area contributed by atoms with Gasteiger partial charge in [-0.3, -0.25) is 4.68 Å². The summed E-state index contributed by atoms with van der Waals surface area (Å²) in [6.07, 6.45) is 4.73. The first-order chi connectivity index (χ1) is 9.02. The predicted octanol–water partition coefficient (Wildman–Crippen LogP) is 1.21. The van der Waals surface area contributed by atoms with Crippen LogP contribution in [0.2, 0.25) is 0 Å². The van der Waals surface area contributed by atoms with E-state index in [1.807, 2.05) is 12.3 Å². The fourth-order valence-corrected chi connectivity index (χ4v) is 2.54. The van der Waals surface area contributed by atoms with Crippen LogP contribution < -0.4 is 0 Å². The summed E-state index contributed by atoms with van der Waals surface area (Å²) in [6.45, 7) is 0.524. The van der Waals surface area contributed by atoms with Crippen molar-refractivity contribution in [1.82, 2.24) is 19.7 Å². The predicted molar refractivity (Wildman–Crippen MR) is 70.5 cm³/mol. The van der Waals surface area contributed by atoms with E-state index >= 15 is 0 Å². The van der Waals surface area contributed by atoms with Crippen molar-refractivity contribution in [3.8, 4) is 0 Å². The van der Waals surface area contributed by atoms with Crippen LogP contribution in [0.15, 0.2) is 41.6 Å². The van der Waals surface area contributed by atoms with Gasteiger partial charge in [0, 0.05) is 18.6 Å². The summed E-state index contributed by atoms with van der Waals surface area (Å²) in [5, 5.41) is 4.10. The third-order valence-corrected chi connectivity index (χ3v) is 3.91. The molecule has 0 aliphatic rings. The van der Waals surface area contributed by atoms with Crippen LogP contribution in [-0.4, -0.2) is 34.4 Å². The van der Waals surface area contributed by atoms with Gasteiger partial charge in [-0.05, 0) is 24.3 Å². The Morgan fingerprint density at radius 3 is 2.89 bits per heavy atom. The first-order valence-corrected chi connectivity index (χ1v) is 7.58. The quantitative estimate of drug-likeness (QED) is 0.779. The van der Waals surface area contributed by atoms with Crippen LogP contribution in [0.4, 0.5) is 0 Å². The van der Waals surface area contributed by atoms with Crippen molar-refractivity contribution in [2.24, 2.45) is 0 Å². The molecule has 0 saturated heterocycles. The molecule has 0 fully saturated rings. The van der Waals surface area contributed by atoms with E-state index in [-0.39, 0.29) is 4.90 Å². The van der Waals surface area contributed by atoms with Gasteiger partial charge in [-0.1, -0.05) is 0 Å². The lowest BCUT2D eigenvalue weighted by atomic mass is 10.3. The van der Waals surface area contributed by atoms with Crippen LogP contribution in [-0.2, 0) is 16.4 Å². The number of rotatable bonds is 3. The maximum atomic E-state index is 11.5. The fraction of sp³-hybridized carbons (Fsp3) is 0.167. The zero-order chi connectivity index (χ0) is 13.5. The molecule has 3 aromatic rings. The number of sulfone groups is 1. The highest BCUT2D eigenvalue weighted by atomic mass is 32.2. The third-order valence-electron chi connectivity index (χ3n) is 2.80. The Bertz CT molecular complexity index is 819. The lowest BCUT2D eigenvalue weighted by Gasteiger charge is -1.96. The van der Waals surface area contributed by atoms with Crippen molar-refractivity contribution >= 4 is 20.9 Å². The number of aromatic nitrogens is 4. The van der Waals surface area contributed by atoms with Crippen molar-refractivity contribution < 1.29 is 8.42 Å². The van der Waals surface area contributed by atoms with E-state index in [4.69, 9.17) is 0 Å². The molecule has 1 aromatic carbocycles. The van der Waals surface area contributed by atoms with E-state index in [0.29, 0.717) is 12.1 Å². The lowest BCUT2D eigenvalue weighted by Crippen LogP contribution is -2.01. The number of hydrogen-bond acceptors (Lipinski definition) is 4. The van der Waals surface area contributed by atoms with E-state index in [9.17, 15) is 8.42 Å². The molecule has 0 unspecified atom stereocenters. The molecule has 0 bridgehead atoms. The van der Waals surface area contributed by atoms with Crippen molar-refractivity contribution in [3.05, 3.63) is 42.5 Å². The molecule has 6 nitrogen and oxygen atoms in total. The minimum absolute atomic E-state index is 0.286. The van der Waals surface area contributed by atoms with E-state index < -0.39 is 9.84 Å². The number of aromatic amines is 1. The van der Waals surface area contributed by atoms with Gasteiger partial charge in [-0.2, -0.15) is 5.10 Å². The van der Waals surface area contributed by atoms with E-state index in [0.717, 1.165) is 11.3 Å². The van der Waals surface area contributed by atoms with Crippen LogP contribution in [0.5, 0.6) is 0 Å². The highest BCUT2D eigenvalue weighted by molar-refractivity contribution is 7.90. The number of fused-ring (bicyclic) bond motifs is 1. The van der Waals surface area contributed by atoms with E-state index in [1.165, 1.54) is 6.26 Å². The molecule has 7 heteroatoms. The van der Waals surface area contributed by atoms with Crippen LogP contribution in [0.1, 0.15) is 5.82 Å². The number of imidazole rings is 1. The van der Waals surface area contributed by atoms with Crippen LogP contribution in [0, 0.1) is 0 Å². The number of nitrogens with one attached hydrogen (secondary N) is 1. The SMILES string of the molecule is CS(=O)(=O)c1ccc2nc(Cn3cccn3)[nH]c2c1. The molecule has 0 amide bonds. The lowest BCUT2D eigenvalue weighted by molar-refractivity contribution is 0.602. The molecule has 98 valence electrons. The highest BCUT2D eigenvalue weighted by Crippen LogP contribution is 2.17. The molecule has 0 spiro atoms. The Balaban J connectivity index is 2.01. The number of benzene rings is 1. The molecular weight excluding hydrogens is 264 g/mol. The monoisotopic (exact) mass is 276 g/mol. The highest BCUT2D eigenvalue weighted by Gasteiger charge is 2.10. The maximum absolute atomic E-state index is 11.5. The van der Waals surface area contributed by atoms with Gasteiger partial charge in [-0.15, -0.1) is 0 Å². The van der Waals surface area contributed by atoms with Crippen molar-refractivity contribution in [1.29, 1.82) is 0 Å². The Morgan fingerprint density at radius 1 is 1.37 bits per heavy atom. The Hall–Kier alpha value is -2.15. The smallest absolute Gasteiger partial charge is 0.175 e. The van der Waals surface area contributed by atoms with Gasteiger partial charge >= 0.3 is 0 Å². The summed E-state index contributed by atoms with van der Waals surface area (Å²) in [5.41, 5.74) is 1.46. The fourth-order valence-electron chi connectivity index (χ4n) is 1.89. The molecule has 0 atom stereocenters. The molecule has 0 radical (unpaired) electrons. The second-order valence-electron chi connectivity index (χ2n) is 4.34. The first-order valence-electron chi connectivity index (χ1n) is 5.68. The minimum Gasteiger partial charge on any atom is -0.340 e. The summed E-state index contributed by atoms with van der Waals surface area (Å²) >= 11 is 0. The molecule has 2 aromatic heterocycles. The standard InChI is InChI=1S/C12H12N4O2S/c1-19(17,18)9-3-4-10-11(7-9)15-12(14-10)8-16-6-2-5-13-16/h2-7H,8H2,1H3,(H,14,15). The van der Waals surface area contributed by atoms with Gasteiger partial charge in [0.2, 0.25) is 0 Å². The molecule has 3 rings (SSSR count). The topological polar surface area (TPSA) is 80.6 Å². The van der Waals surface area contributed by atoms with E-state index in [1.54, 1.807) is 29.1 Å². The summed E-state index contributed by atoms with van der Waals surface area (Å²) in [4.78, 5) is 7.80. The van der Waals surface area contributed by atoms with Crippen molar-refractivity contribution in [2.75, 3.05) is 6.26 Å². The van der Waals surface area contributed by atoms with Gasteiger partial charge in [0.25, 0.3) is 0 Å². The molecule has 0 aliphatic heterocycles. The average molecular weight is 276 g/mol. The molecule has 0 saturated carbocycles. The number of nitrogens with zero attached hydrogens (tertiary/aromatic N) is 3. The molecule has 0 aliphatic carbocycles. The van der Waals surface area contributed by atoms with Crippen molar-refractivity contribution in [2.45, 2.75) is 11.4 Å². The van der Waals surface area contributed by atoms with Crippen LogP contribution >= 0.6 is 0 Å². The summed E-state index contributed by atoms with van der Waals surface area (Å²) in [7, 11) is -3.20. The first kappa shape index (κ1) is 11.9. The van der Waals surface area contributed by atoms with Crippen molar-refractivity contribution in [3.63, 3.8) is 0 Å². The number of H-pyrrole nitrogens is 1.